The van der Waals surface area contributed by atoms with Gasteiger partial charge in [0.05, 0.1) is 19.0 Å². The molecule has 0 atom stereocenters. The maximum Gasteiger partial charge on any atom is 0.160 e. The fraction of sp³-hybridized carbons (Fsp3) is 0.615. The van der Waals surface area contributed by atoms with E-state index in [0.717, 1.165) is 42.7 Å². The van der Waals surface area contributed by atoms with Gasteiger partial charge in [0, 0.05) is 12.2 Å². The molecule has 0 bridgehead atoms. The van der Waals surface area contributed by atoms with Crippen molar-refractivity contribution < 1.29 is 4.74 Å². The zero-order valence-corrected chi connectivity index (χ0v) is 10.6. The minimum absolute atomic E-state index is 0.759. The molecule has 4 heteroatoms. The topological polar surface area (TPSA) is 46.2 Å². The van der Waals surface area contributed by atoms with Crippen molar-refractivity contribution in [2.45, 2.75) is 19.8 Å². The molecular weight excluding hydrogens is 214 g/mol. The van der Waals surface area contributed by atoms with Crippen LogP contribution in [-0.2, 0) is 0 Å². The molecule has 1 fully saturated rings. The monoisotopic (exact) mass is 235 g/mol. The van der Waals surface area contributed by atoms with Crippen molar-refractivity contribution in [3.63, 3.8) is 0 Å². The molecule has 1 aromatic rings. The summed E-state index contributed by atoms with van der Waals surface area (Å²) in [6.07, 6.45) is 4.28. The maximum absolute atomic E-state index is 5.30. The van der Waals surface area contributed by atoms with Gasteiger partial charge in [0.2, 0.25) is 0 Å². The Kier molecular flexibility index (Phi) is 4.20. The number of hydrogen-bond donors (Lipinski definition) is 2. The first-order chi connectivity index (χ1) is 8.29. The highest BCUT2D eigenvalue weighted by Gasteiger charge is 2.13. The number of nitrogens with zero attached hydrogens (tertiary/aromatic N) is 1. The Hall–Kier alpha value is -1.29. The lowest BCUT2D eigenvalue weighted by atomic mass is 9.98. The van der Waals surface area contributed by atoms with E-state index in [-0.39, 0.29) is 0 Å². The smallest absolute Gasteiger partial charge is 0.160 e. The van der Waals surface area contributed by atoms with Gasteiger partial charge in [-0.05, 0) is 44.8 Å². The summed E-state index contributed by atoms with van der Waals surface area (Å²) in [5, 5.41) is 6.86. The highest BCUT2D eigenvalue weighted by Crippen LogP contribution is 2.24. The second-order valence-electron chi connectivity index (χ2n) is 4.60. The third-order valence-electron chi connectivity index (χ3n) is 3.26. The summed E-state index contributed by atoms with van der Waals surface area (Å²) in [6.45, 7) is 5.29. The number of aryl methyl sites for hydroxylation is 1. The molecular formula is C13H21N3O. The van der Waals surface area contributed by atoms with Gasteiger partial charge in [-0.2, -0.15) is 0 Å². The second kappa shape index (κ2) is 5.87. The largest absolute Gasteiger partial charge is 0.493 e. The predicted molar refractivity (Wildman–Crippen MR) is 69.6 cm³/mol. The van der Waals surface area contributed by atoms with Crippen LogP contribution in [0.15, 0.2) is 12.3 Å². The first-order valence-corrected chi connectivity index (χ1v) is 6.25. The summed E-state index contributed by atoms with van der Waals surface area (Å²) in [5.41, 5.74) is 2.07. The van der Waals surface area contributed by atoms with E-state index in [1.165, 1.54) is 12.8 Å². The van der Waals surface area contributed by atoms with Gasteiger partial charge in [-0.1, -0.05) is 0 Å². The number of ether oxygens (including phenoxy) is 1. The fourth-order valence-corrected chi connectivity index (χ4v) is 2.19. The average molecular weight is 235 g/mol. The van der Waals surface area contributed by atoms with Crippen LogP contribution in [0, 0.1) is 12.8 Å². The van der Waals surface area contributed by atoms with Gasteiger partial charge in [-0.3, -0.25) is 4.98 Å². The molecule has 0 radical (unpaired) electrons. The van der Waals surface area contributed by atoms with E-state index in [2.05, 4.69) is 15.6 Å². The number of nitrogens with one attached hydrogen (secondary N) is 2. The Morgan fingerprint density at radius 2 is 2.24 bits per heavy atom. The number of anilines is 1. The minimum Gasteiger partial charge on any atom is -0.493 e. The standard InChI is InChI=1S/C13H21N3O/c1-10-7-12(13(17-2)9-15-10)16-8-11-3-5-14-6-4-11/h7,9,11,14H,3-6,8H2,1-2H3,(H,15,16). The molecule has 0 unspecified atom stereocenters. The number of aromatic nitrogens is 1. The number of piperidine rings is 1. The highest BCUT2D eigenvalue weighted by molar-refractivity contribution is 5.55. The molecule has 94 valence electrons. The quantitative estimate of drug-likeness (QED) is 0.835. The van der Waals surface area contributed by atoms with Crippen LogP contribution in [-0.4, -0.2) is 31.7 Å². The van der Waals surface area contributed by atoms with Crippen LogP contribution in [0.3, 0.4) is 0 Å². The third kappa shape index (κ3) is 3.33. The van der Waals surface area contributed by atoms with Crippen molar-refractivity contribution in [1.29, 1.82) is 0 Å². The van der Waals surface area contributed by atoms with Crippen molar-refractivity contribution in [2.75, 3.05) is 32.1 Å². The van der Waals surface area contributed by atoms with Crippen LogP contribution in [0.2, 0.25) is 0 Å². The van der Waals surface area contributed by atoms with Gasteiger partial charge >= 0.3 is 0 Å². The Labute approximate surface area is 103 Å². The molecule has 1 aliphatic heterocycles. The van der Waals surface area contributed by atoms with E-state index < -0.39 is 0 Å². The van der Waals surface area contributed by atoms with Crippen LogP contribution < -0.4 is 15.4 Å². The first kappa shape index (κ1) is 12.2. The summed E-state index contributed by atoms with van der Waals surface area (Å²) in [6, 6.07) is 2.04. The van der Waals surface area contributed by atoms with Gasteiger partial charge in [-0.25, -0.2) is 0 Å². The van der Waals surface area contributed by atoms with E-state index in [0.29, 0.717) is 0 Å². The molecule has 1 aromatic heterocycles. The Bertz CT molecular complexity index is 362. The molecule has 0 saturated carbocycles. The van der Waals surface area contributed by atoms with Gasteiger partial charge in [-0.15, -0.1) is 0 Å². The Morgan fingerprint density at radius 1 is 1.47 bits per heavy atom. The van der Waals surface area contributed by atoms with Crippen molar-refractivity contribution in [3.8, 4) is 5.75 Å². The molecule has 4 nitrogen and oxygen atoms in total. The molecule has 2 heterocycles. The summed E-state index contributed by atoms with van der Waals surface area (Å²) in [4.78, 5) is 4.23. The summed E-state index contributed by atoms with van der Waals surface area (Å²) >= 11 is 0. The first-order valence-electron chi connectivity index (χ1n) is 6.25. The number of hydrogen-bond acceptors (Lipinski definition) is 4. The minimum atomic E-state index is 0.759. The lowest BCUT2D eigenvalue weighted by Crippen LogP contribution is -2.31. The summed E-state index contributed by atoms with van der Waals surface area (Å²) in [5.74, 6) is 1.58. The number of methoxy groups -OCH3 is 1. The van der Waals surface area contributed by atoms with Gasteiger partial charge in [0.15, 0.2) is 5.75 Å². The molecule has 17 heavy (non-hydrogen) atoms. The van der Waals surface area contributed by atoms with Crippen molar-refractivity contribution >= 4 is 5.69 Å². The molecule has 1 aliphatic rings. The number of rotatable bonds is 4. The Balaban J connectivity index is 1.95. The van der Waals surface area contributed by atoms with E-state index in [9.17, 15) is 0 Å². The van der Waals surface area contributed by atoms with Crippen molar-refractivity contribution in [2.24, 2.45) is 5.92 Å². The van der Waals surface area contributed by atoms with E-state index in [1.807, 2.05) is 13.0 Å². The van der Waals surface area contributed by atoms with Crippen LogP contribution in [0.4, 0.5) is 5.69 Å². The van der Waals surface area contributed by atoms with E-state index in [4.69, 9.17) is 4.74 Å². The fourth-order valence-electron chi connectivity index (χ4n) is 2.19. The molecule has 0 spiro atoms. The lowest BCUT2D eigenvalue weighted by Gasteiger charge is -2.23. The van der Waals surface area contributed by atoms with Crippen LogP contribution in [0.1, 0.15) is 18.5 Å². The van der Waals surface area contributed by atoms with Gasteiger partial charge in [0.1, 0.15) is 0 Å². The zero-order valence-electron chi connectivity index (χ0n) is 10.6. The molecule has 0 aromatic carbocycles. The van der Waals surface area contributed by atoms with Crippen LogP contribution in [0.5, 0.6) is 5.75 Å². The van der Waals surface area contributed by atoms with Crippen LogP contribution >= 0.6 is 0 Å². The van der Waals surface area contributed by atoms with E-state index >= 15 is 0 Å². The highest BCUT2D eigenvalue weighted by atomic mass is 16.5. The molecule has 2 N–H and O–H groups in total. The summed E-state index contributed by atoms with van der Waals surface area (Å²) in [7, 11) is 1.68. The van der Waals surface area contributed by atoms with Crippen molar-refractivity contribution in [1.82, 2.24) is 10.3 Å². The third-order valence-corrected chi connectivity index (χ3v) is 3.26. The SMILES string of the molecule is COc1cnc(C)cc1NCC1CCNCC1. The zero-order chi connectivity index (χ0) is 12.1. The molecule has 2 rings (SSSR count). The number of pyridine rings is 1. The summed E-state index contributed by atoms with van der Waals surface area (Å²) < 4.78 is 5.30. The normalized spacial score (nSPS) is 16.8. The molecule has 1 saturated heterocycles. The molecule has 0 amide bonds. The average Bonchev–Trinajstić information content (AvgIpc) is 2.38. The maximum atomic E-state index is 5.30. The second-order valence-corrected chi connectivity index (χ2v) is 4.60. The lowest BCUT2D eigenvalue weighted by molar-refractivity contribution is 0.387. The Morgan fingerprint density at radius 3 is 2.94 bits per heavy atom. The van der Waals surface area contributed by atoms with Gasteiger partial charge < -0.3 is 15.4 Å². The van der Waals surface area contributed by atoms with Crippen LogP contribution in [0.25, 0.3) is 0 Å². The van der Waals surface area contributed by atoms with Gasteiger partial charge in [0.25, 0.3) is 0 Å². The van der Waals surface area contributed by atoms with Crippen molar-refractivity contribution in [3.05, 3.63) is 18.0 Å². The molecule has 0 aliphatic carbocycles. The predicted octanol–water partition coefficient (Wildman–Crippen LogP) is 1.81. The van der Waals surface area contributed by atoms with E-state index in [1.54, 1.807) is 13.3 Å².